The maximum atomic E-state index is 13.3. The molecular formula is C18H23ClFN3O4S. The standard InChI is InChI=1S/C18H23ClFN3O4S/c1-3-8-27-28-23-10-16(23)18(25)22-12(2)6-7-21-17(24)11-26-13-4-5-14(19)15(20)9-13/h4-5,9,16H,2-3,6-8,10-11H2,1H3,(H,21,24)(H,22,25). The Labute approximate surface area is 172 Å². The van der Waals surface area contributed by atoms with Crippen molar-refractivity contribution in [3.05, 3.63) is 41.3 Å². The molecular weight excluding hydrogens is 409 g/mol. The van der Waals surface area contributed by atoms with Crippen LogP contribution in [0.4, 0.5) is 4.39 Å². The molecule has 1 aliphatic heterocycles. The van der Waals surface area contributed by atoms with Gasteiger partial charge in [-0.05, 0) is 18.6 Å². The quantitative estimate of drug-likeness (QED) is 0.229. The molecule has 1 aromatic carbocycles. The molecule has 2 rings (SSSR count). The topological polar surface area (TPSA) is 79.7 Å². The Bertz CT molecular complexity index is 722. The van der Waals surface area contributed by atoms with Crippen molar-refractivity contribution in [2.75, 3.05) is 26.3 Å². The van der Waals surface area contributed by atoms with Crippen LogP contribution >= 0.6 is 23.8 Å². The third kappa shape index (κ3) is 7.67. The number of amides is 2. The van der Waals surface area contributed by atoms with E-state index in [1.807, 2.05) is 11.2 Å². The predicted molar refractivity (Wildman–Crippen MR) is 106 cm³/mol. The summed E-state index contributed by atoms with van der Waals surface area (Å²) in [4.78, 5) is 23.8. The largest absolute Gasteiger partial charge is 0.484 e. The molecule has 154 valence electrons. The van der Waals surface area contributed by atoms with E-state index in [0.717, 1.165) is 12.5 Å². The first-order valence-corrected chi connectivity index (χ1v) is 9.87. The second-order valence-electron chi connectivity index (χ2n) is 6.07. The number of carbonyl (C=O) groups is 2. The first-order valence-electron chi connectivity index (χ1n) is 8.80. The van der Waals surface area contributed by atoms with Gasteiger partial charge in [-0.15, -0.1) is 0 Å². The number of rotatable bonds is 12. The fourth-order valence-electron chi connectivity index (χ4n) is 2.05. The number of hydrogen-bond acceptors (Lipinski definition) is 6. The lowest BCUT2D eigenvalue weighted by Gasteiger charge is -2.10. The highest BCUT2D eigenvalue weighted by Gasteiger charge is 2.42. The molecule has 2 atom stereocenters. The van der Waals surface area contributed by atoms with Gasteiger partial charge in [-0.1, -0.05) is 25.1 Å². The molecule has 0 saturated carbocycles. The van der Waals surface area contributed by atoms with Crippen LogP contribution < -0.4 is 15.4 Å². The molecule has 2 N–H and O–H groups in total. The third-order valence-corrected chi connectivity index (χ3v) is 4.79. The summed E-state index contributed by atoms with van der Waals surface area (Å²) in [6, 6.07) is 3.72. The summed E-state index contributed by atoms with van der Waals surface area (Å²) in [5.41, 5.74) is 0.511. The van der Waals surface area contributed by atoms with Gasteiger partial charge >= 0.3 is 0 Å². The SMILES string of the molecule is C=C(CCNC(=O)COc1ccc(Cl)c(F)c1)NC(=O)C1CN1SOCCC. The minimum atomic E-state index is -0.615. The molecule has 0 spiro atoms. The van der Waals surface area contributed by atoms with Crippen molar-refractivity contribution in [2.24, 2.45) is 0 Å². The number of halogens is 2. The van der Waals surface area contributed by atoms with E-state index in [0.29, 0.717) is 31.8 Å². The Morgan fingerprint density at radius 1 is 1.46 bits per heavy atom. The van der Waals surface area contributed by atoms with Crippen LogP contribution in [0.15, 0.2) is 30.5 Å². The fraction of sp³-hybridized carbons (Fsp3) is 0.444. The van der Waals surface area contributed by atoms with Crippen molar-refractivity contribution in [1.82, 2.24) is 14.9 Å². The maximum Gasteiger partial charge on any atom is 0.257 e. The van der Waals surface area contributed by atoms with Crippen LogP contribution in [0, 0.1) is 5.82 Å². The highest BCUT2D eigenvalue weighted by molar-refractivity contribution is 7.92. The molecule has 28 heavy (non-hydrogen) atoms. The molecule has 7 nitrogen and oxygen atoms in total. The van der Waals surface area contributed by atoms with E-state index in [2.05, 4.69) is 17.2 Å². The Morgan fingerprint density at radius 2 is 2.25 bits per heavy atom. The van der Waals surface area contributed by atoms with Gasteiger partial charge in [0.15, 0.2) is 6.61 Å². The lowest BCUT2D eigenvalue weighted by Crippen LogP contribution is -2.33. The van der Waals surface area contributed by atoms with Crippen molar-refractivity contribution in [2.45, 2.75) is 25.8 Å². The summed E-state index contributed by atoms with van der Waals surface area (Å²) >= 11 is 6.78. The van der Waals surface area contributed by atoms with Gasteiger partial charge in [-0.25, -0.2) is 8.70 Å². The van der Waals surface area contributed by atoms with E-state index >= 15 is 0 Å². The molecule has 10 heteroatoms. The van der Waals surface area contributed by atoms with Crippen LogP contribution in [0.1, 0.15) is 19.8 Å². The summed E-state index contributed by atoms with van der Waals surface area (Å²) in [5, 5.41) is 5.35. The van der Waals surface area contributed by atoms with Gasteiger partial charge in [0, 0.05) is 31.3 Å². The Balaban J connectivity index is 1.57. The maximum absolute atomic E-state index is 13.3. The number of nitrogens with zero attached hydrogens (tertiary/aromatic N) is 1. The van der Waals surface area contributed by atoms with Gasteiger partial charge in [0.05, 0.1) is 23.9 Å². The molecule has 1 fully saturated rings. The van der Waals surface area contributed by atoms with Crippen molar-refractivity contribution >= 4 is 35.6 Å². The van der Waals surface area contributed by atoms with Gasteiger partial charge in [0.2, 0.25) is 5.91 Å². The Kier molecular flexibility index (Phi) is 9.04. The summed E-state index contributed by atoms with van der Waals surface area (Å²) in [6.07, 6.45) is 1.31. The zero-order valence-electron chi connectivity index (χ0n) is 15.5. The lowest BCUT2D eigenvalue weighted by atomic mass is 10.3. The van der Waals surface area contributed by atoms with Gasteiger partial charge in [0.25, 0.3) is 5.91 Å². The number of benzene rings is 1. The number of nitrogens with one attached hydrogen (secondary N) is 2. The lowest BCUT2D eigenvalue weighted by molar-refractivity contribution is -0.123. The van der Waals surface area contributed by atoms with E-state index in [1.165, 1.54) is 24.4 Å². The summed E-state index contributed by atoms with van der Waals surface area (Å²) in [6.45, 7) is 7.10. The van der Waals surface area contributed by atoms with Crippen molar-refractivity contribution in [1.29, 1.82) is 0 Å². The predicted octanol–water partition coefficient (Wildman–Crippen LogP) is 2.67. The highest BCUT2D eigenvalue weighted by atomic mass is 35.5. The van der Waals surface area contributed by atoms with Crippen LogP contribution in [-0.4, -0.2) is 48.5 Å². The second kappa shape index (κ2) is 11.3. The molecule has 1 heterocycles. The molecule has 0 aromatic heterocycles. The molecule has 0 radical (unpaired) electrons. The smallest absolute Gasteiger partial charge is 0.257 e. The summed E-state index contributed by atoms with van der Waals surface area (Å²) in [7, 11) is 0. The van der Waals surface area contributed by atoms with E-state index in [4.69, 9.17) is 20.5 Å². The summed E-state index contributed by atoms with van der Waals surface area (Å²) < 4.78 is 25.6. The Hall–Kier alpha value is -1.81. The first kappa shape index (κ1) is 22.5. The number of ether oxygens (including phenoxy) is 1. The number of hydrogen-bond donors (Lipinski definition) is 2. The monoisotopic (exact) mass is 431 g/mol. The molecule has 1 aromatic rings. The van der Waals surface area contributed by atoms with Crippen molar-refractivity contribution in [3.8, 4) is 5.75 Å². The van der Waals surface area contributed by atoms with Crippen LogP contribution in [0.25, 0.3) is 0 Å². The van der Waals surface area contributed by atoms with Gasteiger partial charge in [-0.3, -0.25) is 9.59 Å². The van der Waals surface area contributed by atoms with Crippen molar-refractivity contribution in [3.63, 3.8) is 0 Å². The van der Waals surface area contributed by atoms with Crippen LogP contribution in [0.3, 0.4) is 0 Å². The molecule has 0 aliphatic carbocycles. The van der Waals surface area contributed by atoms with E-state index < -0.39 is 5.82 Å². The second-order valence-corrected chi connectivity index (χ2v) is 7.33. The number of carbonyl (C=O) groups excluding carboxylic acids is 2. The zero-order chi connectivity index (χ0) is 20.5. The molecule has 1 aliphatic rings. The fourth-order valence-corrected chi connectivity index (χ4v) is 2.94. The molecule has 2 unspecified atom stereocenters. The minimum absolute atomic E-state index is 0.0150. The normalized spacial score (nSPS) is 17.7. The first-order chi connectivity index (χ1) is 13.4. The average molecular weight is 432 g/mol. The van der Waals surface area contributed by atoms with Crippen LogP contribution in [-0.2, 0) is 13.8 Å². The van der Waals surface area contributed by atoms with Gasteiger partial charge < -0.3 is 19.6 Å². The van der Waals surface area contributed by atoms with Crippen molar-refractivity contribution < 1.29 is 22.9 Å². The van der Waals surface area contributed by atoms with Gasteiger partial charge in [0.1, 0.15) is 17.6 Å². The molecule has 1 saturated heterocycles. The van der Waals surface area contributed by atoms with E-state index in [-0.39, 0.29) is 35.2 Å². The third-order valence-electron chi connectivity index (χ3n) is 3.62. The zero-order valence-corrected chi connectivity index (χ0v) is 17.1. The van der Waals surface area contributed by atoms with E-state index in [1.54, 1.807) is 0 Å². The Morgan fingerprint density at radius 3 is 2.96 bits per heavy atom. The minimum Gasteiger partial charge on any atom is -0.484 e. The van der Waals surface area contributed by atoms with Crippen LogP contribution in [0.5, 0.6) is 5.75 Å². The summed E-state index contributed by atoms with van der Waals surface area (Å²) in [5.74, 6) is -0.913. The average Bonchev–Trinajstić information content (AvgIpc) is 3.42. The molecule has 0 bridgehead atoms. The molecule has 2 amide bonds. The van der Waals surface area contributed by atoms with Crippen LogP contribution in [0.2, 0.25) is 5.02 Å². The van der Waals surface area contributed by atoms with Gasteiger partial charge in [-0.2, -0.15) is 0 Å². The van der Waals surface area contributed by atoms with E-state index in [9.17, 15) is 14.0 Å². The highest BCUT2D eigenvalue weighted by Crippen LogP contribution is 2.28.